The van der Waals surface area contributed by atoms with Gasteiger partial charge in [-0.1, -0.05) is 25.0 Å². The number of alkyl halides is 3. The van der Waals surface area contributed by atoms with E-state index in [1.54, 1.807) is 0 Å². The Morgan fingerprint density at radius 2 is 1.78 bits per heavy atom. The van der Waals surface area contributed by atoms with Crippen LogP contribution in [0.5, 0.6) is 0 Å². The molecule has 1 fully saturated rings. The maximum atomic E-state index is 12.6. The summed E-state index contributed by atoms with van der Waals surface area (Å²) in [5, 5.41) is 0. The molecule has 23 heavy (non-hydrogen) atoms. The number of carbonyl (C=O) groups excluding carboxylic acids is 1. The van der Waals surface area contributed by atoms with Gasteiger partial charge in [-0.3, -0.25) is 4.79 Å². The summed E-state index contributed by atoms with van der Waals surface area (Å²) in [5.74, 6) is -0.200. The van der Waals surface area contributed by atoms with Gasteiger partial charge < -0.3 is 4.90 Å². The molecule has 0 spiro atoms. The minimum absolute atomic E-state index is 0.163. The van der Waals surface area contributed by atoms with E-state index in [2.05, 4.69) is 4.90 Å². The highest BCUT2D eigenvalue weighted by atomic mass is 19.4. The molecule has 1 aliphatic heterocycles. The number of unbranched alkanes of at least 4 members (excludes halogenated alkanes) is 2. The fraction of sp³-hybridized carbons (Fsp3) is 0.611. The van der Waals surface area contributed by atoms with Crippen molar-refractivity contribution in [3.05, 3.63) is 35.4 Å². The molecule has 0 N–H and O–H groups in total. The average molecular weight is 327 g/mol. The molecule has 0 radical (unpaired) electrons. The van der Waals surface area contributed by atoms with Gasteiger partial charge >= 0.3 is 6.18 Å². The SMILES string of the molecule is O=C(CCCCCN1CCCCC1)c1cccc(C(F)(F)F)c1. The van der Waals surface area contributed by atoms with Gasteiger partial charge in [-0.2, -0.15) is 13.2 Å². The summed E-state index contributed by atoms with van der Waals surface area (Å²) in [6, 6.07) is 4.71. The van der Waals surface area contributed by atoms with Crippen molar-refractivity contribution in [2.24, 2.45) is 0 Å². The van der Waals surface area contributed by atoms with E-state index < -0.39 is 11.7 Å². The zero-order valence-corrected chi connectivity index (χ0v) is 13.4. The summed E-state index contributed by atoms with van der Waals surface area (Å²) >= 11 is 0. The molecule has 1 aliphatic rings. The predicted octanol–water partition coefficient (Wildman–Crippen LogP) is 4.93. The minimum Gasteiger partial charge on any atom is -0.303 e. The lowest BCUT2D eigenvalue weighted by molar-refractivity contribution is -0.137. The predicted molar refractivity (Wildman–Crippen MR) is 84.5 cm³/mol. The molecule has 128 valence electrons. The van der Waals surface area contributed by atoms with Crippen LogP contribution in [0, 0.1) is 0 Å². The molecule has 0 aromatic heterocycles. The fourth-order valence-corrected chi connectivity index (χ4v) is 2.99. The summed E-state index contributed by atoms with van der Waals surface area (Å²) in [6.07, 6.45) is 2.52. The monoisotopic (exact) mass is 327 g/mol. The summed E-state index contributed by atoms with van der Waals surface area (Å²) in [4.78, 5) is 14.5. The second-order valence-corrected chi connectivity index (χ2v) is 6.21. The zero-order chi connectivity index (χ0) is 16.7. The number of nitrogens with zero attached hydrogens (tertiary/aromatic N) is 1. The highest BCUT2D eigenvalue weighted by Crippen LogP contribution is 2.29. The van der Waals surface area contributed by atoms with Gasteiger partial charge in [0.2, 0.25) is 0 Å². The van der Waals surface area contributed by atoms with E-state index in [0.717, 1.165) is 37.9 Å². The van der Waals surface area contributed by atoms with Crippen molar-refractivity contribution in [1.82, 2.24) is 4.90 Å². The van der Waals surface area contributed by atoms with Crippen LogP contribution in [-0.2, 0) is 6.18 Å². The third-order valence-corrected chi connectivity index (χ3v) is 4.34. The first-order chi connectivity index (χ1) is 11.0. The third-order valence-electron chi connectivity index (χ3n) is 4.34. The van der Waals surface area contributed by atoms with Crippen LogP contribution in [0.25, 0.3) is 0 Å². The van der Waals surface area contributed by atoms with E-state index in [4.69, 9.17) is 0 Å². The fourth-order valence-electron chi connectivity index (χ4n) is 2.99. The van der Waals surface area contributed by atoms with Crippen LogP contribution >= 0.6 is 0 Å². The molecule has 0 bridgehead atoms. The Morgan fingerprint density at radius 1 is 1.04 bits per heavy atom. The van der Waals surface area contributed by atoms with Gasteiger partial charge in [0.1, 0.15) is 0 Å². The Morgan fingerprint density at radius 3 is 2.48 bits per heavy atom. The number of rotatable bonds is 7. The van der Waals surface area contributed by atoms with E-state index in [0.29, 0.717) is 6.42 Å². The molecule has 0 amide bonds. The molecule has 2 rings (SSSR count). The molecule has 0 saturated carbocycles. The van der Waals surface area contributed by atoms with Gasteiger partial charge in [-0.15, -0.1) is 0 Å². The van der Waals surface area contributed by atoms with Gasteiger partial charge in [0.15, 0.2) is 5.78 Å². The van der Waals surface area contributed by atoms with Gasteiger partial charge in [-0.25, -0.2) is 0 Å². The Labute approximate surface area is 135 Å². The summed E-state index contributed by atoms with van der Waals surface area (Å²) in [6.45, 7) is 3.41. The summed E-state index contributed by atoms with van der Waals surface area (Å²) in [5.41, 5.74) is -0.593. The summed E-state index contributed by atoms with van der Waals surface area (Å²) in [7, 11) is 0. The van der Waals surface area contributed by atoms with Crippen molar-refractivity contribution in [1.29, 1.82) is 0 Å². The lowest BCUT2D eigenvalue weighted by Gasteiger charge is -2.26. The molecule has 0 atom stereocenters. The van der Waals surface area contributed by atoms with Gasteiger partial charge in [0.05, 0.1) is 5.56 Å². The molecular formula is C18H24F3NO. The lowest BCUT2D eigenvalue weighted by Crippen LogP contribution is -2.30. The number of piperidine rings is 1. The van der Waals surface area contributed by atoms with Gasteiger partial charge in [0, 0.05) is 12.0 Å². The molecule has 5 heteroatoms. The Balaban J connectivity index is 1.70. The van der Waals surface area contributed by atoms with Crippen molar-refractivity contribution in [3.8, 4) is 0 Å². The average Bonchev–Trinajstić information content (AvgIpc) is 2.54. The van der Waals surface area contributed by atoms with Crippen LogP contribution in [0.1, 0.15) is 60.9 Å². The third kappa shape index (κ3) is 5.98. The van der Waals surface area contributed by atoms with E-state index >= 15 is 0 Å². The normalized spacial score (nSPS) is 16.5. The molecule has 1 aromatic rings. The number of benzene rings is 1. The molecule has 0 aliphatic carbocycles. The molecular weight excluding hydrogens is 303 g/mol. The van der Waals surface area contributed by atoms with Crippen molar-refractivity contribution in [3.63, 3.8) is 0 Å². The lowest BCUT2D eigenvalue weighted by atomic mass is 10.0. The Hall–Kier alpha value is -1.36. The van der Waals surface area contributed by atoms with Crippen molar-refractivity contribution >= 4 is 5.78 Å². The largest absolute Gasteiger partial charge is 0.416 e. The topological polar surface area (TPSA) is 20.3 Å². The number of hydrogen-bond donors (Lipinski definition) is 0. The first kappa shape index (κ1) is 18.0. The quantitative estimate of drug-likeness (QED) is 0.522. The van der Waals surface area contributed by atoms with Crippen molar-refractivity contribution in [2.75, 3.05) is 19.6 Å². The van der Waals surface area contributed by atoms with E-state index in [1.165, 1.54) is 44.5 Å². The first-order valence-electron chi connectivity index (χ1n) is 8.39. The molecule has 2 nitrogen and oxygen atoms in total. The van der Waals surface area contributed by atoms with Crippen LogP contribution in [0.4, 0.5) is 13.2 Å². The second-order valence-electron chi connectivity index (χ2n) is 6.21. The Bertz CT molecular complexity index is 507. The van der Waals surface area contributed by atoms with E-state index in [1.807, 2.05) is 0 Å². The van der Waals surface area contributed by atoms with Crippen LogP contribution < -0.4 is 0 Å². The molecule has 1 aromatic carbocycles. The number of hydrogen-bond acceptors (Lipinski definition) is 2. The minimum atomic E-state index is -4.40. The van der Waals surface area contributed by atoms with E-state index in [9.17, 15) is 18.0 Å². The number of ketones is 1. The standard InChI is InChI=1S/C18H24F3NO/c19-18(20,21)16-9-7-8-15(14-16)17(23)10-3-1-4-11-22-12-5-2-6-13-22/h7-9,14H,1-6,10-13H2. The zero-order valence-electron chi connectivity index (χ0n) is 13.4. The highest BCUT2D eigenvalue weighted by Gasteiger charge is 2.30. The number of carbonyl (C=O) groups is 1. The molecule has 1 heterocycles. The number of halogens is 3. The first-order valence-corrected chi connectivity index (χ1v) is 8.39. The molecule has 1 saturated heterocycles. The Kier molecular flexibility index (Phi) is 6.63. The van der Waals surface area contributed by atoms with Crippen molar-refractivity contribution < 1.29 is 18.0 Å². The van der Waals surface area contributed by atoms with Crippen LogP contribution in [0.15, 0.2) is 24.3 Å². The van der Waals surface area contributed by atoms with Crippen LogP contribution in [-0.4, -0.2) is 30.3 Å². The number of Topliss-reactive ketones (excluding diaryl/α,β-unsaturated/α-hetero) is 1. The maximum absolute atomic E-state index is 12.6. The number of likely N-dealkylation sites (tertiary alicyclic amines) is 1. The summed E-state index contributed by atoms with van der Waals surface area (Å²) < 4.78 is 37.9. The smallest absolute Gasteiger partial charge is 0.303 e. The van der Waals surface area contributed by atoms with Crippen LogP contribution in [0.3, 0.4) is 0 Å². The van der Waals surface area contributed by atoms with Crippen LogP contribution in [0.2, 0.25) is 0 Å². The van der Waals surface area contributed by atoms with Gasteiger partial charge in [-0.05, 0) is 57.5 Å². The highest BCUT2D eigenvalue weighted by molar-refractivity contribution is 5.96. The maximum Gasteiger partial charge on any atom is 0.416 e. The van der Waals surface area contributed by atoms with E-state index in [-0.39, 0.29) is 11.3 Å². The van der Waals surface area contributed by atoms with Gasteiger partial charge in [0.25, 0.3) is 0 Å². The van der Waals surface area contributed by atoms with Crippen molar-refractivity contribution in [2.45, 2.75) is 51.1 Å². The second kappa shape index (κ2) is 8.48. The molecule has 0 unspecified atom stereocenters.